The van der Waals surface area contributed by atoms with Gasteiger partial charge >= 0.3 is 0 Å². The zero-order valence-electron chi connectivity index (χ0n) is 21.7. The van der Waals surface area contributed by atoms with Crippen molar-refractivity contribution in [2.45, 2.75) is 38.3 Å². The van der Waals surface area contributed by atoms with Crippen LogP contribution in [0, 0.1) is 6.92 Å². The SMILES string of the molecule is CNc1c(C(=O)NCCc2ccc(N3CC4CCC(C3)N4)c(-c3cccc(Cl)c3)c2)sc2nc(C)ccc12. The maximum atomic E-state index is 13.1. The van der Waals surface area contributed by atoms with Gasteiger partial charge in [0.05, 0.1) is 5.69 Å². The molecule has 2 aliphatic rings. The van der Waals surface area contributed by atoms with E-state index in [0.29, 0.717) is 23.5 Å². The standard InChI is InChI=1S/C30H32ClN5OS/c1-18-6-10-24-27(32-2)28(38-30(24)34-18)29(37)33-13-12-19-7-11-26(36-16-22-8-9-23(17-36)35-22)25(14-19)20-4-3-5-21(31)15-20/h3-7,10-11,14-15,22-23,32,35H,8-9,12-13,16-17H2,1-2H3,(H,33,37). The predicted molar refractivity (Wildman–Crippen MR) is 159 cm³/mol. The lowest BCUT2D eigenvalue weighted by Crippen LogP contribution is -2.51. The summed E-state index contributed by atoms with van der Waals surface area (Å²) in [5, 5.41) is 11.8. The number of fused-ring (bicyclic) bond motifs is 3. The molecule has 8 heteroatoms. The lowest BCUT2D eigenvalue weighted by Gasteiger charge is -2.36. The summed E-state index contributed by atoms with van der Waals surface area (Å²) in [6.45, 7) is 4.57. The Morgan fingerprint density at radius 1 is 1.13 bits per heavy atom. The van der Waals surface area contributed by atoms with Crippen molar-refractivity contribution >= 4 is 50.4 Å². The number of aromatic nitrogens is 1. The van der Waals surface area contributed by atoms with Gasteiger partial charge in [-0.2, -0.15) is 0 Å². The maximum absolute atomic E-state index is 13.1. The fraction of sp³-hybridized carbons (Fsp3) is 0.333. The third-order valence-electron chi connectivity index (χ3n) is 7.60. The van der Waals surface area contributed by atoms with Crippen molar-refractivity contribution in [1.29, 1.82) is 0 Å². The summed E-state index contributed by atoms with van der Waals surface area (Å²) in [4.78, 5) is 21.8. The van der Waals surface area contributed by atoms with Gasteiger partial charge in [-0.15, -0.1) is 11.3 Å². The van der Waals surface area contributed by atoms with Crippen LogP contribution < -0.4 is 20.9 Å². The number of thiophene rings is 1. The third-order valence-corrected chi connectivity index (χ3v) is 8.94. The van der Waals surface area contributed by atoms with Crippen molar-refractivity contribution < 1.29 is 4.79 Å². The van der Waals surface area contributed by atoms with Gasteiger partial charge in [0.2, 0.25) is 0 Å². The minimum absolute atomic E-state index is 0.0713. The van der Waals surface area contributed by atoms with Gasteiger partial charge in [-0.3, -0.25) is 4.79 Å². The van der Waals surface area contributed by atoms with Crippen molar-refractivity contribution in [2.24, 2.45) is 0 Å². The van der Waals surface area contributed by atoms with Crippen LogP contribution in [-0.4, -0.2) is 49.7 Å². The molecule has 2 aromatic heterocycles. The summed E-state index contributed by atoms with van der Waals surface area (Å²) in [7, 11) is 1.85. The van der Waals surface area contributed by atoms with Crippen molar-refractivity contribution in [2.75, 3.05) is 36.9 Å². The number of nitrogens with one attached hydrogen (secondary N) is 3. The van der Waals surface area contributed by atoms with E-state index in [1.807, 2.05) is 44.3 Å². The molecular formula is C30H32ClN5OS. The highest BCUT2D eigenvalue weighted by Gasteiger charge is 2.33. The Balaban J connectivity index is 1.21. The number of nitrogens with zero attached hydrogens (tertiary/aromatic N) is 2. The number of benzene rings is 2. The van der Waals surface area contributed by atoms with Gasteiger partial charge in [-0.05, 0) is 73.7 Å². The van der Waals surface area contributed by atoms with Crippen molar-refractivity contribution in [3.05, 3.63) is 75.8 Å². The van der Waals surface area contributed by atoms with Gasteiger partial charge in [0.15, 0.2) is 0 Å². The van der Waals surface area contributed by atoms with Crippen molar-refractivity contribution in [1.82, 2.24) is 15.6 Å². The second kappa shape index (κ2) is 10.6. The highest BCUT2D eigenvalue weighted by atomic mass is 35.5. The number of piperazine rings is 1. The second-order valence-corrected chi connectivity index (χ2v) is 11.7. The van der Waals surface area contributed by atoms with Gasteiger partial charge in [-0.25, -0.2) is 4.98 Å². The fourth-order valence-electron chi connectivity index (χ4n) is 5.78. The monoisotopic (exact) mass is 545 g/mol. The molecule has 3 N–H and O–H groups in total. The Bertz CT molecular complexity index is 1490. The molecule has 2 unspecified atom stereocenters. The zero-order valence-corrected chi connectivity index (χ0v) is 23.3. The van der Waals surface area contributed by atoms with Crippen molar-refractivity contribution in [3.63, 3.8) is 0 Å². The molecule has 0 saturated carbocycles. The molecular weight excluding hydrogens is 514 g/mol. The zero-order chi connectivity index (χ0) is 26.2. The molecule has 0 aliphatic carbocycles. The van der Waals surface area contributed by atoms with E-state index in [1.54, 1.807) is 0 Å². The highest BCUT2D eigenvalue weighted by molar-refractivity contribution is 7.21. The number of aryl methyl sites for hydroxylation is 1. The first-order chi connectivity index (χ1) is 18.5. The first-order valence-electron chi connectivity index (χ1n) is 13.2. The number of carbonyl (C=O) groups is 1. The Hall–Kier alpha value is -3.13. The van der Waals surface area contributed by atoms with Gasteiger partial charge in [0.25, 0.3) is 5.91 Å². The largest absolute Gasteiger partial charge is 0.386 e. The van der Waals surface area contributed by atoms with Gasteiger partial charge in [-0.1, -0.05) is 29.8 Å². The summed E-state index contributed by atoms with van der Waals surface area (Å²) in [5.74, 6) is -0.0713. The maximum Gasteiger partial charge on any atom is 0.263 e. The van der Waals surface area contributed by atoms with Crippen LogP contribution in [0.15, 0.2) is 54.6 Å². The minimum Gasteiger partial charge on any atom is -0.386 e. The number of carbonyl (C=O) groups excluding carboxylic acids is 1. The lowest BCUT2D eigenvalue weighted by atomic mass is 9.98. The molecule has 2 aromatic carbocycles. The van der Waals surface area contributed by atoms with Crippen LogP contribution in [0.25, 0.3) is 21.3 Å². The Kier molecular flexibility index (Phi) is 6.99. The number of rotatable bonds is 7. The van der Waals surface area contributed by atoms with E-state index < -0.39 is 0 Å². The lowest BCUT2D eigenvalue weighted by molar-refractivity contribution is 0.0959. The fourth-order valence-corrected chi connectivity index (χ4v) is 7.11. The van der Waals surface area contributed by atoms with E-state index in [0.717, 1.165) is 51.7 Å². The van der Waals surface area contributed by atoms with Crippen LogP contribution in [0.4, 0.5) is 11.4 Å². The number of amides is 1. The van der Waals surface area contributed by atoms with Gasteiger partial charge < -0.3 is 20.9 Å². The molecule has 38 heavy (non-hydrogen) atoms. The van der Waals surface area contributed by atoms with Gasteiger partial charge in [0.1, 0.15) is 9.71 Å². The third kappa shape index (κ3) is 4.98. The summed E-state index contributed by atoms with van der Waals surface area (Å²) in [6.07, 6.45) is 3.23. The Morgan fingerprint density at radius 2 is 1.95 bits per heavy atom. The average Bonchev–Trinajstić information content (AvgIpc) is 3.46. The summed E-state index contributed by atoms with van der Waals surface area (Å²) in [5.41, 5.74) is 6.54. The number of anilines is 2. The highest BCUT2D eigenvalue weighted by Crippen LogP contribution is 2.37. The number of hydrogen-bond acceptors (Lipinski definition) is 6. The van der Waals surface area contributed by atoms with Crippen molar-refractivity contribution in [3.8, 4) is 11.1 Å². The molecule has 2 saturated heterocycles. The molecule has 2 atom stereocenters. The first-order valence-corrected chi connectivity index (χ1v) is 14.4. The van der Waals surface area contributed by atoms with E-state index in [9.17, 15) is 4.79 Å². The molecule has 2 fully saturated rings. The Labute approximate surface area is 232 Å². The van der Waals surface area contributed by atoms with Crippen LogP contribution in [0.2, 0.25) is 5.02 Å². The van der Waals surface area contributed by atoms with Crippen LogP contribution in [0.1, 0.15) is 33.8 Å². The number of pyridine rings is 1. The second-order valence-electron chi connectivity index (χ2n) is 10.3. The molecule has 0 spiro atoms. The normalized spacial score (nSPS) is 18.7. The molecule has 2 aliphatic heterocycles. The van der Waals surface area contributed by atoms with Gasteiger partial charge in [0, 0.05) is 66.1 Å². The smallest absolute Gasteiger partial charge is 0.263 e. The van der Waals surface area contributed by atoms with E-state index in [4.69, 9.17) is 11.6 Å². The van der Waals surface area contributed by atoms with Crippen LogP contribution in [0.3, 0.4) is 0 Å². The summed E-state index contributed by atoms with van der Waals surface area (Å²) >= 11 is 7.82. The first kappa shape index (κ1) is 25.2. The summed E-state index contributed by atoms with van der Waals surface area (Å²) in [6, 6.07) is 19.9. The number of hydrogen-bond donors (Lipinski definition) is 3. The molecule has 196 valence electrons. The number of halogens is 1. The Morgan fingerprint density at radius 3 is 2.71 bits per heavy atom. The molecule has 4 aromatic rings. The average molecular weight is 546 g/mol. The quantitative estimate of drug-likeness (QED) is 0.270. The van der Waals surface area contributed by atoms with E-state index in [1.165, 1.54) is 41.0 Å². The molecule has 6 rings (SSSR count). The predicted octanol–water partition coefficient (Wildman–Crippen LogP) is 5.88. The summed E-state index contributed by atoms with van der Waals surface area (Å²) < 4.78 is 0. The van der Waals surface area contributed by atoms with E-state index in [-0.39, 0.29) is 5.91 Å². The minimum atomic E-state index is -0.0713. The molecule has 6 nitrogen and oxygen atoms in total. The molecule has 1 amide bonds. The van der Waals surface area contributed by atoms with Crippen LogP contribution in [-0.2, 0) is 6.42 Å². The topological polar surface area (TPSA) is 69.3 Å². The van der Waals surface area contributed by atoms with E-state index >= 15 is 0 Å². The molecule has 4 heterocycles. The van der Waals surface area contributed by atoms with Crippen LogP contribution >= 0.6 is 22.9 Å². The molecule has 0 radical (unpaired) electrons. The van der Waals surface area contributed by atoms with E-state index in [2.05, 4.69) is 50.1 Å². The van der Waals surface area contributed by atoms with Crippen LogP contribution in [0.5, 0.6) is 0 Å². The molecule has 2 bridgehead atoms.